The standard InChI is InChI=1S/C12H16FNS/c1-9(14-15-12(2,3)4)10-7-5-6-8-11(10)13/h5-8H,1-4H3/b14-9+. The summed E-state index contributed by atoms with van der Waals surface area (Å²) in [5.41, 5.74) is 1.31. The van der Waals surface area contributed by atoms with Crippen LogP contribution in [0, 0.1) is 5.82 Å². The molecule has 3 heteroatoms. The Morgan fingerprint density at radius 3 is 2.40 bits per heavy atom. The molecular weight excluding hydrogens is 209 g/mol. The molecule has 0 aromatic heterocycles. The predicted octanol–water partition coefficient (Wildman–Crippen LogP) is 4.08. The summed E-state index contributed by atoms with van der Waals surface area (Å²) in [6.45, 7) is 8.07. The van der Waals surface area contributed by atoms with Crippen LogP contribution in [-0.4, -0.2) is 10.5 Å². The van der Waals surface area contributed by atoms with Gasteiger partial charge in [-0.2, -0.15) is 0 Å². The number of rotatable bonds is 2. The topological polar surface area (TPSA) is 12.4 Å². The molecule has 1 rings (SSSR count). The average molecular weight is 225 g/mol. The summed E-state index contributed by atoms with van der Waals surface area (Å²) in [4.78, 5) is 0. The van der Waals surface area contributed by atoms with Crippen LogP contribution < -0.4 is 0 Å². The number of hydrogen-bond acceptors (Lipinski definition) is 2. The minimum absolute atomic E-state index is 0.0620. The van der Waals surface area contributed by atoms with E-state index < -0.39 is 0 Å². The molecule has 0 aliphatic heterocycles. The number of nitrogens with zero attached hydrogens (tertiary/aromatic N) is 1. The molecule has 0 saturated carbocycles. The van der Waals surface area contributed by atoms with Crippen LogP contribution >= 0.6 is 11.9 Å². The molecule has 0 unspecified atom stereocenters. The highest BCUT2D eigenvalue weighted by atomic mass is 32.2. The van der Waals surface area contributed by atoms with Crippen LogP contribution in [0.15, 0.2) is 28.7 Å². The van der Waals surface area contributed by atoms with Crippen molar-refractivity contribution in [3.63, 3.8) is 0 Å². The molecule has 0 radical (unpaired) electrons. The third-order valence-corrected chi connectivity index (χ3v) is 2.63. The van der Waals surface area contributed by atoms with Gasteiger partial charge >= 0.3 is 0 Å². The van der Waals surface area contributed by atoms with Gasteiger partial charge in [0.15, 0.2) is 0 Å². The molecule has 0 N–H and O–H groups in total. The van der Waals surface area contributed by atoms with Crippen molar-refractivity contribution in [2.75, 3.05) is 0 Å². The Hall–Kier alpha value is -0.830. The number of benzene rings is 1. The highest BCUT2D eigenvalue weighted by molar-refractivity contribution is 7.99. The fourth-order valence-electron chi connectivity index (χ4n) is 1.01. The lowest BCUT2D eigenvalue weighted by atomic mass is 10.1. The van der Waals surface area contributed by atoms with Gasteiger partial charge in [-0.1, -0.05) is 18.2 Å². The average Bonchev–Trinajstić information content (AvgIpc) is 2.14. The second-order valence-corrected chi connectivity index (χ2v) is 5.95. The fourth-order valence-corrected chi connectivity index (χ4v) is 1.52. The fraction of sp³-hybridized carbons (Fsp3) is 0.417. The SMILES string of the molecule is C/C(=N\SC(C)(C)C)c1ccccc1F. The van der Waals surface area contributed by atoms with Crippen LogP contribution in [-0.2, 0) is 0 Å². The van der Waals surface area contributed by atoms with Crippen LogP contribution in [0.2, 0.25) is 0 Å². The van der Waals surface area contributed by atoms with Crippen LogP contribution in [0.25, 0.3) is 0 Å². The van der Waals surface area contributed by atoms with E-state index in [1.54, 1.807) is 12.1 Å². The zero-order valence-corrected chi connectivity index (χ0v) is 10.4. The van der Waals surface area contributed by atoms with E-state index in [9.17, 15) is 4.39 Å². The van der Waals surface area contributed by atoms with Crippen LogP contribution in [0.3, 0.4) is 0 Å². The van der Waals surface area contributed by atoms with Gasteiger partial charge in [-0.05, 0) is 45.7 Å². The summed E-state index contributed by atoms with van der Waals surface area (Å²) in [6, 6.07) is 6.70. The lowest BCUT2D eigenvalue weighted by molar-refractivity contribution is 0.625. The highest BCUT2D eigenvalue weighted by Gasteiger charge is 2.11. The second-order valence-electron chi connectivity index (χ2n) is 4.36. The molecule has 0 bridgehead atoms. The molecule has 1 nitrogen and oxygen atoms in total. The van der Waals surface area contributed by atoms with Gasteiger partial charge in [-0.3, -0.25) is 0 Å². The molecule has 0 aliphatic rings. The van der Waals surface area contributed by atoms with Crippen molar-refractivity contribution in [3.8, 4) is 0 Å². The van der Waals surface area contributed by atoms with E-state index in [4.69, 9.17) is 0 Å². The molecule has 0 spiro atoms. The summed E-state index contributed by atoms with van der Waals surface area (Å²) in [5, 5.41) is 0. The summed E-state index contributed by atoms with van der Waals surface area (Å²) >= 11 is 1.47. The van der Waals surface area contributed by atoms with Gasteiger partial charge in [0.05, 0.1) is 5.71 Å². The van der Waals surface area contributed by atoms with Crippen LogP contribution in [0.4, 0.5) is 4.39 Å². The van der Waals surface area contributed by atoms with Gasteiger partial charge in [0.1, 0.15) is 5.82 Å². The minimum atomic E-state index is -0.215. The monoisotopic (exact) mass is 225 g/mol. The van der Waals surface area contributed by atoms with E-state index in [2.05, 4.69) is 25.2 Å². The largest absolute Gasteiger partial charge is 0.220 e. The Labute approximate surface area is 94.9 Å². The van der Waals surface area contributed by atoms with Crippen LogP contribution in [0.1, 0.15) is 33.3 Å². The molecule has 0 aliphatic carbocycles. The molecule has 15 heavy (non-hydrogen) atoms. The maximum absolute atomic E-state index is 13.4. The summed E-state index contributed by atoms with van der Waals surface area (Å²) in [7, 11) is 0. The zero-order valence-electron chi connectivity index (χ0n) is 9.54. The van der Waals surface area contributed by atoms with Crippen LogP contribution in [0.5, 0.6) is 0 Å². The summed E-state index contributed by atoms with van der Waals surface area (Å²) in [5.74, 6) is -0.215. The third-order valence-electron chi connectivity index (χ3n) is 1.72. The summed E-state index contributed by atoms with van der Waals surface area (Å²) < 4.78 is 17.8. The van der Waals surface area contributed by atoms with E-state index in [-0.39, 0.29) is 10.6 Å². The first kappa shape index (κ1) is 12.2. The van der Waals surface area contributed by atoms with Crippen molar-refractivity contribution >= 4 is 17.7 Å². The van der Waals surface area contributed by atoms with Crippen molar-refractivity contribution in [2.24, 2.45) is 4.40 Å². The Morgan fingerprint density at radius 1 is 1.27 bits per heavy atom. The quantitative estimate of drug-likeness (QED) is 0.545. The van der Waals surface area contributed by atoms with E-state index >= 15 is 0 Å². The van der Waals surface area contributed by atoms with Crippen molar-refractivity contribution < 1.29 is 4.39 Å². The molecule has 0 atom stereocenters. The molecule has 0 heterocycles. The third kappa shape index (κ3) is 4.04. The van der Waals surface area contributed by atoms with E-state index in [1.807, 2.05) is 13.0 Å². The van der Waals surface area contributed by atoms with E-state index in [0.29, 0.717) is 5.56 Å². The van der Waals surface area contributed by atoms with Crippen molar-refractivity contribution in [1.29, 1.82) is 0 Å². The number of hydrogen-bond donors (Lipinski definition) is 0. The van der Waals surface area contributed by atoms with E-state index in [1.165, 1.54) is 18.0 Å². The number of halogens is 1. The predicted molar refractivity (Wildman–Crippen MR) is 66.0 cm³/mol. The van der Waals surface area contributed by atoms with Crippen molar-refractivity contribution in [3.05, 3.63) is 35.6 Å². The van der Waals surface area contributed by atoms with Gasteiger partial charge in [-0.15, -0.1) is 0 Å². The molecule has 0 fully saturated rings. The maximum Gasteiger partial charge on any atom is 0.132 e. The minimum Gasteiger partial charge on any atom is -0.220 e. The Kier molecular flexibility index (Phi) is 3.91. The molecule has 1 aromatic rings. The lowest BCUT2D eigenvalue weighted by Crippen LogP contribution is -2.06. The van der Waals surface area contributed by atoms with Gasteiger partial charge in [-0.25, -0.2) is 8.79 Å². The van der Waals surface area contributed by atoms with Gasteiger partial charge in [0.2, 0.25) is 0 Å². The summed E-state index contributed by atoms with van der Waals surface area (Å²) in [6.07, 6.45) is 0. The normalized spacial score (nSPS) is 13.0. The van der Waals surface area contributed by atoms with Gasteiger partial charge < -0.3 is 0 Å². The Bertz CT molecular complexity index is 366. The Balaban J connectivity index is 2.85. The Morgan fingerprint density at radius 2 is 1.87 bits per heavy atom. The van der Waals surface area contributed by atoms with Gasteiger partial charge in [0.25, 0.3) is 0 Å². The smallest absolute Gasteiger partial charge is 0.132 e. The van der Waals surface area contributed by atoms with E-state index in [0.717, 1.165) is 5.71 Å². The molecule has 1 aromatic carbocycles. The molecule has 0 saturated heterocycles. The van der Waals surface area contributed by atoms with Crippen molar-refractivity contribution in [1.82, 2.24) is 0 Å². The lowest BCUT2D eigenvalue weighted by Gasteiger charge is -2.13. The highest BCUT2D eigenvalue weighted by Crippen LogP contribution is 2.25. The first-order chi connectivity index (χ1) is 6.90. The zero-order chi connectivity index (χ0) is 11.5. The molecule has 82 valence electrons. The van der Waals surface area contributed by atoms with Gasteiger partial charge in [0, 0.05) is 10.3 Å². The molecular formula is C12H16FNS. The maximum atomic E-state index is 13.4. The molecule has 0 amide bonds. The van der Waals surface area contributed by atoms with Crippen molar-refractivity contribution in [2.45, 2.75) is 32.4 Å². The second kappa shape index (κ2) is 4.79. The first-order valence-electron chi connectivity index (χ1n) is 4.88. The first-order valence-corrected chi connectivity index (χ1v) is 5.65.